The summed E-state index contributed by atoms with van der Waals surface area (Å²) < 4.78 is 22.9. The third-order valence-corrected chi connectivity index (χ3v) is 6.17. The van der Waals surface area contributed by atoms with Crippen molar-refractivity contribution < 1.29 is 8.42 Å². The van der Waals surface area contributed by atoms with Gasteiger partial charge in [-0.3, -0.25) is 4.90 Å². The molecular formula is C14H26N2O2S. The predicted octanol–water partition coefficient (Wildman–Crippen LogP) is 0.884. The van der Waals surface area contributed by atoms with Crippen LogP contribution >= 0.6 is 0 Å². The van der Waals surface area contributed by atoms with Crippen molar-refractivity contribution in [3.8, 4) is 0 Å². The fraction of sp³-hybridized carbons (Fsp3) is 1.00. The third kappa shape index (κ3) is 3.14. The Morgan fingerprint density at radius 1 is 1.26 bits per heavy atom. The van der Waals surface area contributed by atoms with E-state index in [1.165, 1.54) is 31.9 Å². The number of sulfone groups is 1. The van der Waals surface area contributed by atoms with Gasteiger partial charge in [0, 0.05) is 37.5 Å². The number of piperazine rings is 1. The molecule has 0 amide bonds. The maximum absolute atomic E-state index is 11.5. The van der Waals surface area contributed by atoms with Gasteiger partial charge >= 0.3 is 0 Å². The molecule has 2 atom stereocenters. The van der Waals surface area contributed by atoms with E-state index in [9.17, 15) is 8.42 Å². The minimum Gasteiger partial charge on any atom is -0.311 e. The second kappa shape index (κ2) is 4.71. The second-order valence-corrected chi connectivity index (χ2v) is 9.29. The Morgan fingerprint density at radius 3 is 2.47 bits per heavy atom. The molecule has 1 heterocycles. The van der Waals surface area contributed by atoms with Gasteiger partial charge in [0.15, 0.2) is 0 Å². The van der Waals surface area contributed by atoms with Crippen molar-refractivity contribution in [2.75, 3.05) is 31.6 Å². The van der Waals surface area contributed by atoms with E-state index >= 15 is 0 Å². The normalized spacial score (nSPS) is 37.5. The highest BCUT2D eigenvalue weighted by atomic mass is 32.2. The topological polar surface area (TPSA) is 49.4 Å². The average Bonchev–Trinajstić information content (AvgIpc) is 3.16. The summed E-state index contributed by atoms with van der Waals surface area (Å²) in [5, 5.41) is 3.73. The first-order valence-corrected chi connectivity index (χ1v) is 9.61. The summed E-state index contributed by atoms with van der Waals surface area (Å²) in [6.07, 6.45) is 6.65. The maximum atomic E-state index is 11.5. The lowest BCUT2D eigenvalue weighted by atomic mass is 9.89. The molecule has 0 bridgehead atoms. The Hall–Kier alpha value is -0.130. The van der Waals surface area contributed by atoms with Crippen LogP contribution in [-0.4, -0.2) is 56.5 Å². The van der Waals surface area contributed by atoms with Gasteiger partial charge in [0.25, 0.3) is 0 Å². The number of hydrogen-bond donors (Lipinski definition) is 1. The molecule has 1 aliphatic heterocycles. The van der Waals surface area contributed by atoms with Crippen molar-refractivity contribution in [2.45, 2.75) is 44.2 Å². The number of nitrogens with one attached hydrogen (secondary N) is 1. The summed E-state index contributed by atoms with van der Waals surface area (Å²) in [5.74, 6) is 1.90. The average molecular weight is 286 g/mol. The van der Waals surface area contributed by atoms with Crippen LogP contribution in [0.4, 0.5) is 0 Å². The Morgan fingerprint density at radius 2 is 1.95 bits per heavy atom. The number of rotatable bonds is 5. The monoisotopic (exact) mass is 286 g/mol. The van der Waals surface area contributed by atoms with Crippen LogP contribution in [-0.2, 0) is 9.84 Å². The highest BCUT2D eigenvalue weighted by Gasteiger charge is 2.49. The first-order valence-electron chi connectivity index (χ1n) is 7.55. The Balaban J connectivity index is 1.69. The highest BCUT2D eigenvalue weighted by molar-refractivity contribution is 7.90. The van der Waals surface area contributed by atoms with Crippen LogP contribution in [0.15, 0.2) is 0 Å². The van der Waals surface area contributed by atoms with Crippen molar-refractivity contribution in [3.63, 3.8) is 0 Å². The quantitative estimate of drug-likeness (QED) is 0.815. The summed E-state index contributed by atoms with van der Waals surface area (Å²) >= 11 is 0. The zero-order valence-corrected chi connectivity index (χ0v) is 12.9. The van der Waals surface area contributed by atoms with Gasteiger partial charge in [-0.1, -0.05) is 0 Å². The van der Waals surface area contributed by atoms with Gasteiger partial charge in [0.2, 0.25) is 0 Å². The van der Waals surface area contributed by atoms with Crippen molar-refractivity contribution in [3.05, 3.63) is 0 Å². The lowest BCUT2D eigenvalue weighted by Crippen LogP contribution is -2.65. The first kappa shape index (κ1) is 13.8. The van der Waals surface area contributed by atoms with Crippen LogP contribution in [0.25, 0.3) is 0 Å². The molecule has 0 aromatic rings. The smallest absolute Gasteiger partial charge is 0.148 e. The van der Waals surface area contributed by atoms with Crippen LogP contribution in [0.5, 0.6) is 0 Å². The molecule has 3 fully saturated rings. The minimum absolute atomic E-state index is 0.177. The molecule has 2 aliphatic carbocycles. The summed E-state index contributed by atoms with van der Waals surface area (Å²) in [6, 6.07) is 0.589. The molecule has 0 aromatic carbocycles. The van der Waals surface area contributed by atoms with Crippen molar-refractivity contribution in [1.82, 2.24) is 10.2 Å². The van der Waals surface area contributed by atoms with Crippen LogP contribution in [0.3, 0.4) is 0 Å². The van der Waals surface area contributed by atoms with Gasteiger partial charge in [0.05, 0.1) is 5.75 Å². The van der Waals surface area contributed by atoms with Gasteiger partial charge < -0.3 is 5.32 Å². The van der Waals surface area contributed by atoms with Gasteiger partial charge in [-0.25, -0.2) is 8.42 Å². The molecule has 1 saturated heterocycles. The van der Waals surface area contributed by atoms with E-state index in [4.69, 9.17) is 0 Å². The Labute approximate surface area is 116 Å². The molecule has 2 unspecified atom stereocenters. The second-order valence-electron chi connectivity index (χ2n) is 7.03. The predicted molar refractivity (Wildman–Crippen MR) is 76.9 cm³/mol. The van der Waals surface area contributed by atoms with Crippen LogP contribution in [0.1, 0.15) is 32.6 Å². The van der Waals surface area contributed by atoms with E-state index < -0.39 is 9.84 Å². The fourth-order valence-corrected chi connectivity index (χ4v) is 4.06. The van der Waals surface area contributed by atoms with Gasteiger partial charge in [0.1, 0.15) is 9.84 Å². The third-order valence-electron chi connectivity index (χ3n) is 5.24. The minimum atomic E-state index is -2.86. The van der Waals surface area contributed by atoms with Crippen molar-refractivity contribution >= 4 is 9.84 Å². The van der Waals surface area contributed by atoms with Gasteiger partial charge in [-0.05, 0) is 44.4 Å². The summed E-state index contributed by atoms with van der Waals surface area (Å²) in [4.78, 5) is 2.48. The standard InChI is InChI=1S/C14H26N2O2S/c1-14(12-5-6-12)10-15-13(11-3-4-11)9-16(14)7-8-19(2,17)18/h11-13,15H,3-10H2,1-2H3. The molecule has 0 aromatic heterocycles. The molecule has 110 valence electrons. The molecule has 5 heteroatoms. The molecule has 0 radical (unpaired) electrons. The zero-order valence-electron chi connectivity index (χ0n) is 12.1. The fourth-order valence-electron chi connectivity index (χ4n) is 3.50. The highest BCUT2D eigenvalue weighted by Crippen LogP contribution is 2.45. The first-order chi connectivity index (χ1) is 8.88. The number of nitrogens with zero attached hydrogens (tertiary/aromatic N) is 1. The molecule has 0 spiro atoms. The molecule has 19 heavy (non-hydrogen) atoms. The number of hydrogen-bond acceptors (Lipinski definition) is 4. The van der Waals surface area contributed by atoms with Gasteiger partial charge in [-0.15, -0.1) is 0 Å². The van der Waals surface area contributed by atoms with Crippen molar-refractivity contribution in [1.29, 1.82) is 0 Å². The van der Waals surface area contributed by atoms with E-state index in [0.29, 0.717) is 18.3 Å². The Bertz CT molecular complexity index is 442. The summed E-state index contributed by atoms with van der Waals surface area (Å²) in [7, 11) is -2.86. The van der Waals surface area contributed by atoms with E-state index in [1.807, 2.05) is 0 Å². The zero-order chi connectivity index (χ0) is 13.7. The summed E-state index contributed by atoms with van der Waals surface area (Å²) in [6.45, 7) is 5.09. The Kier molecular flexibility index (Phi) is 3.43. The lowest BCUT2D eigenvalue weighted by Gasteiger charge is -2.49. The van der Waals surface area contributed by atoms with Crippen molar-refractivity contribution in [2.24, 2.45) is 11.8 Å². The molecule has 3 aliphatic rings. The lowest BCUT2D eigenvalue weighted by molar-refractivity contribution is 0.0360. The summed E-state index contributed by atoms with van der Waals surface area (Å²) in [5.41, 5.74) is 0.177. The van der Waals surface area contributed by atoms with Crippen LogP contribution in [0.2, 0.25) is 0 Å². The molecule has 2 saturated carbocycles. The molecule has 1 N–H and O–H groups in total. The maximum Gasteiger partial charge on any atom is 0.148 e. The molecule has 3 rings (SSSR count). The van der Waals surface area contributed by atoms with E-state index in [2.05, 4.69) is 17.1 Å². The SMILES string of the molecule is CC1(C2CC2)CNC(C2CC2)CN1CCS(C)(=O)=O. The van der Waals surface area contributed by atoms with E-state index in [0.717, 1.165) is 24.9 Å². The van der Waals surface area contributed by atoms with E-state index in [-0.39, 0.29) is 5.54 Å². The molecule has 4 nitrogen and oxygen atoms in total. The largest absolute Gasteiger partial charge is 0.311 e. The van der Waals surface area contributed by atoms with Crippen LogP contribution in [0, 0.1) is 11.8 Å². The van der Waals surface area contributed by atoms with E-state index in [1.54, 1.807) is 0 Å². The van der Waals surface area contributed by atoms with Crippen LogP contribution < -0.4 is 5.32 Å². The molecular weight excluding hydrogens is 260 g/mol. The van der Waals surface area contributed by atoms with Gasteiger partial charge in [-0.2, -0.15) is 0 Å².